The fourth-order valence-corrected chi connectivity index (χ4v) is 4.36. The van der Waals surface area contributed by atoms with Crippen LogP contribution in [0.1, 0.15) is 31.2 Å². The number of hydrogen-bond donors (Lipinski definition) is 1. The zero-order valence-corrected chi connectivity index (χ0v) is 15.1. The first-order valence-corrected chi connectivity index (χ1v) is 9.79. The normalized spacial score (nSPS) is 28.5. The number of para-hydroxylation sites is 1. The van der Waals surface area contributed by atoms with Crippen LogP contribution in [0.3, 0.4) is 0 Å². The number of fused-ring (bicyclic) bond motifs is 1. The molecule has 2 saturated heterocycles. The van der Waals surface area contributed by atoms with Crippen molar-refractivity contribution in [1.29, 1.82) is 0 Å². The number of nitrogens with one attached hydrogen (secondary N) is 1. The lowest BCUT2D eigenvalue weighted by Crippen LogP contribution is -2.36. The zero-order valence-electron chi connectivity index (χ0n) is 15.1. The number of carbonyl (C=O) groups is 1. The minimum absolute atomic E-state index is 0.176. The highest BCUT2D eigenvalue weighted by Gasteiger charge is 2.47. The van der Waals surface area contributed by atoms with E-state index in [1.54, 1.807) is 0 Å². The summed E-state index contributed by atoms with van der Waals surface area (Å²) in [6.07, 6.45) is 7.10. The van der Waals surface area contributed by atoms with Crippen LogP contribution >= 0.6 is 0 Å². The molecule has 0 radical (unpaired) electrons. The first-order chi connectivity index (χ1) is 12.7. The highest BCUT2D eigenvalue weighted by atomic mass is 16.6. The Kier molecular flexibility index (Phi) is 4.02. The Morgan fingerprint density at radius 2 is 2.23 bits per heavy atom. The second kappa shape index (κ2) is 6.39. The molecule has 2 aromatic rings. The maximum absolute atomic E-state index is 12.8. The van der Waals surface area contributed by atoms with Crippen molar-refractivity contribution < 1.29 is 14.3 Å². The molecule has 1 amide bonds. The molecule has 0 bridgehead atoms. The van der Waals surface area contributed by atoms with Crippen molar-refractivity contribution in [2.75, 3.05) is 26.3 Å². The summed E-state index contributed by atoms with van der Waals surface area (Å²) in [6, 6.07) is 8.14. The van der Waals surface area contributed by atoms with Crippen molar-refractivity contribution in [1.82, 2.24) is 9.88 Å². The van der Waals surface area contributed by atoms with Crippen LogP contribution in [-0.4, -0.2) is 53.8 Å². The van der Waals surface area contributed by atoms with E-state index in [1.807, 2.05) is 29.3 Å². The molecule has 138 valence electrons. The van der Waals surface area contributed by atoms with Gasteiger partial charge in [-0.1, -0.05) is 18.2 Å². The van der Waals surface area contributed by atoms with Gasteiger partial charge in [0.25, 0.3) is 0 Å². The molecule has 3 heterocycles. The third-order valence-corrected chi connectivity index (χ3v) is 6.13. The Bertz CT molecular complexity index is 812. The van der Waals surface area contributed by atoms with Gasteiger partial charge in [-0.05, 0) is 36.8 Å². The predicted molar refractivity (Wildman–Crippen MR) is 99.0 cm³/mol. The number of aromatic amines is 1. The number of rotatable bonds is 5. The quantitative estimate of drug-likeness (QED) is 0.898. The van der Waals surface area contributed by atoms with Crippen LogP contribution < -0.4 is 0 Å². The molecule has 3 aliphatic rings. The van der Waals surface area contributed by atoms with E-state index in [1.165, 1.54) is 12.8 Å². The summed E-state index contributed by atoms with van der Waals surface area (Å²) in [4.78, 5) is 18.1. The van der Waals surface area contributed by atoms with Crippen LogP contribution in [0.25, 0.3) is 10.9 Å². The van der Waals surface area contributed by atoms with Gasteiger partial charge in [-0.15, -0.1) is 0 Å². The smallest absolute Gasteiger partial charge is 0.227 e. The summed E-state index contributed by atoms with van der Waals surface area (Å²) in [5, 5.41) is 1.14. The van der Waals surface area contributed by atoms with Gasteiger partial charge in [0.15, 0.2) is 0 Å². The Hall–Kier alpha value is -1.85. The molecule has 1 aromatic heterocycles. The van der Waals surface area contributed by atoms with E-state index in [9.17, 15) is 4.79 Å². The Morgan fingerprint density at radius 3 is 3.12 bits per heavy atom. The average Bonchev–Trinajstić information content (AvgIpc) is 3.08. The first-order valence-electron chi connectivity index (χ1n) is 9.79. The molecule has 1 saturated carbocycles. The minimum atomic E-state index is -0.176. The lowest BCUT2D eigenvalue weighted by Gasteiger charge is -2.23. The number of H-pyrrole nitrogens is 1. The minimum Gasteiger partial charge on any atom is -0.375 e. The summed E-state index contributed by atoms with van der Waals surface area (Å²) in [5.41, 5.74) is 1.98. The van der Waals surface area contributed by atoms with Gasteiger partial charge in [-0.25, -0.2) is 0 Å². The molecular weight excluding hydrogens is 328 g/mol. The van der Waals surface area contributed by atoms with Gasteiger partial charge < -0.3 is 19.4 Å². The Balaban J connectivity index is 1.19. The Labute approximate surface area is 153 Å². The fourth-order valence-electron chi connectivity index (χ4n) is 4.36. The molecule has 1 aliphatic carbocycles. The molecular formula is C21H26N2O3. The summed E-state index contributed by atoms with van der Waals surface area (Å²) in [7, 11) is 0. The number of nitrogens with zero attached hydrogens (tertiary/aromatic N) is 1. The van der Waals surface area contributed by atoms with Gasteiger partial charge in [0.05, 0.1) is 24.7 Å². The molecule has 1 N–H and O–H groups in total. The monoisotopic (exact) mass is 354 g/mol. The van der Waals surface area contributed by atoms with Gasteiger partial charge in [0.1, 0.15) is 0 Å². The summed E-state index contributed by atoms with van der Waals surface area (Å²) in [5.74, 6) is 0.974. The molecule has 5 nitrogen and oxygen atoms in total. The maximum Gasteiger partial charge on any atom is 0.227 e. The van der Waals surface area contributed by atoms with Crippen molar-refractivity contribution in [3.8, 4) is 0 Å². The van der Waals surface area contributed by atoms with E-state index in [0.717, 1.165) is 48.4 Å². The molecule has 1 spiro atoms. The second-order valence-electron chi connectivity index (χ2n) is 8.20. The summed E-state index contributed by atoms with van der Waals surface area (Å²) >= 11 is 0. The van der Waals surface area contributed by atoms with Crippen molar-refractivity contribution in [2.24, 2.45) is 5.92 Å². The van der Waals surface area contributed by atoms with Gasteiger partial charge in [0.2, 0.25) is 5.91 Å². The standard InChI is InChI=1S/C21H26N2O3/c24-20(9-16-11-22-19-4-2-1-3-18(16)19)23-8-7-21(14-23)10-17(13-26-21)25-12-15-5-6-15/h1-4,11,15,17,22H,5-10,12-14H2. The molecule has 2 atom stereocenters. The molecule has 2 aliphatic heterocycles. The largest absolute Gasteiger partial charge is 0.375 e. The third-order valence-electron chi connectivity index (χ3n) is 6.13. The van der Waals surface area contributed by atoms with E-state index in [2.05, 4.69) is 11.1 Å². The van der Waals surface area contributed by atoms with E-state index >= 15 is 0 Å². The number of amides is 1. The van der Waals surface area contributed by atoms with Crippen LogP contribution in [0.4, 0.5) is 0 Å². The lowest BCUT2D eigenvalue weighted by atomic mass is 9.98. The molecule has 5 heteroatoms. The van der Waals surface area contributed by atoms with Crippen LogP contribution in [0.5, 0.6) is 0 Å². The predicted octanol–water partition coefficient (Wildman–Crippen LogP) is 2.90. The topological polar surface area (TPSA) is 54.6 Å². The number of carbonyl (C=O) groups excluding carboxylic acids is 1. The van der Waals surface area contributed by atoms with Crippen molar-refractivity contribution in [3.63, 3.8) is 0 Å². The van der Waals surface area contributed by atoms with Crippen LogP contribution in [0.15, 0.2) is 30.5 Å². The highest BCUT2D eigenvalue weighted by Crippen LogP contribution is 2.38. The fraction of sp³-hybridized carbons (Fsp3) is 0.571. The van der Waals surface area contributed by atoms with Gasteiger partial charge in [-0.3, -0.25) is 4.79 Å². The van der Waals surface area contributed by atoms with Crippen molar-refractivity contribution in [3.05, 3.63) is 36.0 Å². The van der Waals surface area contributed by atoms with Crippen LogP contribution in [0, 0.1) is 5.92 Å². The van der Waals surface area contributed by atoms with E-state index in [-0.39, 0.29) is 17.6 Å². The Morgan fingerprint density at radius 1 is 1.35 bits per heavy atom. The molecule has 3 fully saturated rings. The highest BCUT2D eigenvalue weighted by molar-refractivity contribution is 5.89. The van der Waals surface area contributed by atoms with E-state index in [4.69, 9.17) is 9.47 Å². The molecule has 26 heavy (non-hydrogen) atoms. The average molecular weight is 354 g/mol. The third kappa shape index (κ3) is 3.14. The van der Waals surface area contributed by atoms with Crippen LogP contribution in [0.2, 0.25) is 0 Å². The van der Waals surface area contributed by atoms with Crippen molar-refractivity contribution in [2.45, 2.75) is 43.8 Å². The lowest BCUT2D eigenvalue weighted by molar-refractivity contribution is -0.130. The first kappa shape index (κ1) is 16.3. The van der Waals surface area contributed by atoms with E-state index in [0.29, 0.717) is 19.6 Å². The number of hydrogen-bond acceptors (Lipinski definition) is 3. The summed E-state index contributed by atoms with van der Waals surface area (Å²) < 4.78 is 12.1. The second-order valence-corrected chi connectivity index (χ2v) is 8.20. The summed E-state index contributed by atoms with van der Waals surface area (Å²) in [6.45, 7) is 3.05. The number of likely N-dealkylation sites (tertiary alicyclic amines) is 1. The molecule has 5 rings (SSSR count). The van der Waals surface area contributed by atoms with Gasteiger partial charge in [0, 0.05) is 43.2 Å². The SMILES string of the molecule is O=C(Cc1c[nH]c2ccccc12)N1CCC2(CC(OCC3CC3)CO2)C1. The number of ether oxygens (including phenoxy) is 2. The molecule has 1 aromatic carbocycles. The molecule has 2 unspecified atom stereocenters. The van der Waals surface area contributed by atoms with Gasteiger partial charge in [-0.2, -0.15) is 0 Å². The van der Waals surface area contributed by atoms with Crippen molar-refractivity contribution >= 4 is 16.8 Å². The van der Waals surface area contributed by atoms with Crippen LogP contribution in [-0.2, 0) is 20.7 Å². The number of aromatic nitrogens is 1. The zero-order chi connectivity index (χ0) is 17.6. The number of benzene rings is 1. The van der Waals surface area contributed by atoms with E-state index < -0.39 is 0 Å². The maximum atomic E-state index is 12.8. The van der Waals surface area contributed by atoms with Gasteiger partial charge >= 0.3 is 0 Å².